The lowest BCUT2D eigenvalue weighted by Crippen LogP contribution is -2.19. The van der Waals surface area contributed by atoms with Crippen LogP contribution >= 0.6 is 0 Å². The maximum absolute atomic E-state index is 11.9. The molecule has 0 aliphatic rings. The Bertz CT molecular complexity index is 1170. The van der Waals surface area contributed by atoms with Crippen LogP contribution in [0.25, 0.3) is 0 Å². The van der Waals surface area contributed by atoms with Crippen molar-refractivity contribution in [3.05, 3.63) is 112 Å². The minimum Gasteiger partial charge on any atom is -0.329 e. The van der Waals surface area contributed by atoms with E-state index in [-0.39, 0.29) is 11.6 Å². The van der Waals surface area contributed by atoms with Crippen LogP contribution in [0.4, 0.5) is 0 Å². The molecule has 0 aliphatic heterocycles. The molecule has 0 spiro atoms. The van der Waals surface area contributed by atoms with E-state index in [0.717, 1.165) is 16.8 Å². The minimum atomic E-state index is -0.376. The van der Waals surface area contributed by atoms with Gasteiger partial charge in [-0.2, -0.15) is 5.26 Å². The van der Waals surface area contributed by atoms with Gasteiger partial charge in [0.1, 0.15) is 6.04 Å². The van der Waals surface area contributed by atoms with E-state index >= 15 is 0 Å². The van der Waals surface area contributed by atoms with Gasteiger partial charge in [-0.15, -0.1) is 0 Å². The Morgan fingerprint density at radius 3 is 2.64 bits per heavy atom. The van der Waals surface area contributed by atoms with E-state index in [1.165, 1.54) is 0 Å². The van der Waals surface area contributed by atoms with Crippen LogP contribution in [-0.2, 0) is 6.42 Å². The smallest absolute Gasteiger partial charge is 0.248 e. The molecule has 7 heteroatoms. The van der Waals surface area contributed by atoms with Crippen molar-refractivity contribution in [1.82, 2.24) is 24.5 Å². The normalized spacial score (nSPS) is 11.7. The predicted octanol–water partition coefficient (Wildman–Crippen LogP) is 2.46. The molecule has 0 aliphatic carbocycles. The van der Waals surface area contributed by atoms with Crippen molar-refractivity contribution in [1.29, 1.82) is 5.26 Å². The summed E-state index contributed by atoms with van der Waals surface area (Å²) < 4.78 is 1.97. The molecule has 1 unspecified atom stereocenters. The van der Waals surface area contributed by atoms with Crippen molar-refractivity contribution < 1.29 is 0 Å². The van der Waals surface area contributed by atoms with Crippen molar-refractivity contribution >= 4 is 0 Å². The molecule has 3 heterocycles. The zero-order chi connectivity index (χ0) is 19.3. The van der Waals surface area contributed by atoms with Crippen LogP contribution < -0.4 is 5.56 Å². The highest BCUT2D eigenvalue weighted by molar-refractivity contribution is 5.34. The molecule has 1 aromatic carbocycles. The van der Waals surface area contributed by atoms with Crippen LogP contribution in [0.5, 0.6) is 0 Å². The summed E-state index contributed by atoms with van der Waals surface area (Å²) in [5.41, 5.74) is 3.21. The van der Waals surface area contributed by atoms with E-state index < -0.39 is 0 Å². The molecule has 0 radical (unpaired) electrons. The number of imidazole rings is 1. The maximum Gasteiger partial charge on any atom is 0.248 e. The monoisotopic (exact) mass is 368 g/mol. The van der Waals surface area contributed by atoms with Crippen molar-refractivity contribution in [2.45, 2.75) is 12.5 Å². The third kappa shape index (κ3) is 3.57. The molecule has 1 N–H and O–H groups in total. The molecule has 4 aromatic rings. The molecular formula is C21H16N6O. The second-order valence-electron chi connectivity index (χ2n) is 6.27. The zero-order valence-electron chi connectivity index (χ0n) is 14.9. The molecule has 1 atom stereocenters. The van der Waals surface area contributed by atoms with E-state index in [4.69, 9.17) is 5.26 Å². The van der Waals surface area contributed by atoms with Crippen molar-refractivity contribution in [3.8, 4) is 6.07 Å². The van der Waals surface area contributed by atoms with Crippen molar-refractivity contribution in [2.24, 2.45) is 0 Å². The van der Waals surface area contributed by atoms with Gasteiger partial charge in [-0.25, -0.2) is 15.0 Å². The number of hydrogen-bond acceptors (Lipinski definition) is 5. The molecule has 4 rings (SSSR count). The Balaban J connectivity index is 1.77. The van der Waals surface area contributed by atoms with E-state index in [1.807, 2.05) is 22.8 Å². The lowest BCUT2D eigenvalue weighted by atomic mass is 10.0. The van der Waals surface area contributed by atoms with Crippen LogP contribution in [0.3, 0.4) is 0 Å². The fourth-order valence-corrected chi connectivity index (χ4v) is 3.12. The Morgan fingerprint density at radius 1 is 1.14 bits per heavy atom. The van der Waals surface area contributed by atoms with E-state index in [9.17, 15) is 4.79 Å². The largest absolute Gasteiger partial charge is 0.329 e. The van der Waals surface area contributed by atoms with Crippen LogP contribution in [0.15, 0.2) is 78.4 Å². The van der Waals surface area contributed by atoms with E-state index in [0.29, 0.717) is 17.8 Å². The second-order valence-corrected chi connectivity index (χ2v) is 6.27. The van der Waals surface area contributed by atoms with Crippen LogP contribution in [0.1, 0.15) is 34.3 Å². The predicted molar refractivity (Wildman–Crippen MR) is 103 cm³/mol. The van der Waals surface area contributed by atoms with Gasteiger partial charge in [0.15, 0.2) is 5.82 Å². The average molecular weight is 368 g/mol. The SMILES string of the molecule is N#Cc1ccc(Cc2cncn2C(c2cc[nH]c(=O)c2)c2ncccn2)cc1. The number of H-pyrrole nitrogens is 1. The number of nitrogens with one attached hydrogen (secondary N) is 1. The van der Waals surface area contributed by atoms with Crippen LogP contribution in [0, 0.1) is 11.3 Å². The van der Waals surface area contributed by atoms with Gasteiger partial charge in [-0.1, -0.05) is 12.1 Å². The summed E-state index contributed by atoms with van der Waals surface area (Å²) in [6.07, 6.45) is 9.12. The van der Waals surface area contributed by atoms with Gasteiger partial charge in [-0.05, 0) is 35.4 Å². The first-order chi connectivity index (χ1) is 13.7. The topological polar surface area (TPSA) is 100 Å². The summed E-state index contributed by atoms with van der Waals surface area (Å²) in [5, 5.41) is 8.97. The highest BCUT2D eigenvalue weighted by atomic mass is 16.1. The van der Waals surface area contributed by atoms with Gasteiger partial charge in [0.25, 0.3) is 0 Å². The minimum absolute atomic E-state index is 0.188. The number of rotatable bonds is 5. The Labute approximate surface area is 161 Å². The van der Waals surface area contributed by atoms with Crippen LogP contribution in [-0.4, -0.2) is 24.5 Å². The molecular weight excluding hydrogens is 352 g/mol. The first-order valence-electron chi connectivity index (χ1n) is 8.70. The summed E-state index contributed by atoms with van der Waals surface area (Å²) in [7, 11) is 0. The van der Waals surface area contributed by atoms with Gasteiger partial charge in [0.2, 0.25) is 5.56 Å². The quantitative estimate of drug-likeness (QED) is 0.583. The number of nitrogens with zero attached hydrogens (tertiary/aromatic N) is 5. The number of aromatic nitrogens is 5. The van der Waals surface area contributed by atoms with Gasteiger partial charge in [-0.3, -0.25) is 4.79 Å². The third-order valence-electron chi connectivity index (χ3n) is 4.44. The number of pyridine rings is 1. The molecule has 0 fully saturated rings. The molecule has 0 bridgehead atoms. The summed E-state index contributed by atoms with van der Waals surface area (Å²) in [5.74, 6) is 0.576. The molecule has 7 nitrogen and oxygen atoms in total. The summed E-state index contributed by atoms with van der Waals surface area (Å²) in [6.45, 7) is 0. The Kier molecular flexibility index (Phi) is 4.76. The summed E-state index contributed by atoms with van der Waals surface area (Å²) in [6, 6.07) is 14.3. The number of nitriles is 1. The van der Waals surface area contributed by atoms with E-state index in [1.54, 1.807) is 55.4 Å². The fourth-order valence-electron chi connectivity index (χ4n) is 3.12. The third-order valence-corrected chi connectivity index (χ3v) is 4.44. The Hall–Kier alpha value is -4.05. The highest BCUT2D eigenvalue weighted by Crippen LogP contribution is 2.25. The molecule has 0 saturated heterocycles. The number of benzene rings is 1. The average Bonchev–Trinajstić information content (AvgIpc) is 3.17. The number of aromatic amines is 1. The molecule has 3 aromatic heterocycles. The molecule has 0 saturated carbocycles. The summed E-state index contributed by atoms with van der Waals surface area (Å²) >= 11 is 0. The van der Waals surface area contributed by atoms with E-state index in [2.05, 4.69) is 26.0 Å². The lowest BCUT2D eigenvalue weighted by Gasteiger charge is -2.20. The van der Waals surface area contributed by atoms with Crippen molar-refractivity contribution in [2.75, 3.05) is 0 Å². The Morgan fingerprint density at radius 2 is 1.93 bits per heavy atom. The van der Waals surface area contributed by atoms with Gasteiger partial charge in [0, 0.05) is 43.0 Å². The van der Waals surface area contributed by atoms with Gasteiger partial charge < -0.3 is 9.55 Å². The van der Waals surface area contributed by atoms with Crippen LogP contribution in [0.2, 0.25) is 0 Å². The van der Waals surface area contributed by atoms with Gasteiger partial charge >= 0.3 is 0 Å². The fraction of sp³-hybridized carbons (Fsp3) is 0.0952. The first-order valence-corrected chi connectivity index (χ1v) is 8.70. The van der Waals surface area contributed by atoms with Crippen molar-refractivity contribution in [3.63, 3.8) is 0 Å². The highest BCUT2D eigenvalue weighted by Gasteiger charge is 2.22. The lowest BCUT2D eigenvalue weighted by molar-refractivity contribution is 0.611. The maximum atomic E-state index is 11.9. The first kappa shape index (κ1) is 17.4. The summed E-state index contributed by atoms with van der Waals surface area (Å²) in [4.78, 5) is 27.6. The zero-order valence-corrected chi connectivity index (χ0v) is 14.9. The second kappa shape index (κ2) is 7.68. The standard InChI is InChI=1S/C21H16N6O/c22-12-16-4-2-15(3-5-16)10-18-13-23-14-27(18)20(21-25-7-1-8-26-21)17-6-9-24-19(28)11-17/h1-9,11,13-14,20H,10H2,(H,24,28). The number of hydrogen-bond donors (Lipinski definition) is 1. The molecule has 136 valence electrons. The molecule has 28 heavy (non-hydrogen) atoms. The molecule has 0 amide bonds. The van der Waals surface area contributed by atoms with Gasteiger partial charge in [0.05, 0.1) is 18.0 Å².